The number of H-pyrrole nitrogens is 1. The van der Waals surface area contributed by atoms with Crippen molar-refractivity contribution in [3.63, 3.8) is 0 Å². The van der Waals surface area contributed by atoms with Gasteiger partial charge in [-0.15, -0.1) is 0 Å². The lowest BCUT2D eigenvalue weighted by Gasteiger charge is -2.08. The van der Waals surface area contributed by atoms with Crippen LogP contribution in [0.15, 0.2) is 35.3 Å². The molecule has 0 aliphatic carbocycles. The Morgan fingerprint density at radius 3 is 2.62 bits per heavy atom. The predicted octanol–water partition coefficient (Wildman–Crippen LogP) is 2.15. The van der Waals surface area contributed by atoms with Gasteiger partial charge < -0.3 is 10.3 Å². The van der Waals surface area contributed by atoms with Crippen LogP contribution in [0.4, 0.5) is 11.4 Å². The van der Waals surface area contributed by atoms with E-state index in [0.717, 1.165) is 0 Å². The van der Waals surface area contributed by atoms with E-state index in [1.807, 2.05) is 0 Å². The average Bonchev–Trinajstić information content (AvgIpc) is 2.40. The van der Waals surface area contributed by atoms with Crippen molar-refractivity contribution >= 4 is 17.3 Å². The van der Waals surface area contributed by atoms with Crippen molar-refractivity contribution in [2.24, 2.45) is 0 Å². The molecule has 1 heterocycles. The summed E-state index contributed by atoms with van der Waals surface area (Å²) in [7, 11) is 0. The molecular formula is C14H13N3O4. The Hall–Kier alpha value is -2.96. The standard InChI is InChI=1S/C14H13N3O4/c1-8-3-4-10(17(20)21)6-12(8)16-14(19)11-7-15-9(2)5-13(11)18/h3-7H,1-2H3,(H,15,18)(H,16,19). The van der Waals surface area contributed by atoms with E-state index in [2.05, 4.69) is 10.3 Å². The van der Waals surface area contributed by atoms with Gasteiger partial charge in [0.2, 0.25) is 0 Å². The minimum atomic E-state index is -0.611. The monoisotopic (exact) mass is 287 g/mol. The second kappa shape index (κ2) is 5.58. The van der Waals surface area contributed by atoms with Crippen LogP contribution in [-0.4, -0.2) is 15.8 Å². The minimum Gasteiger partial charge on any atom is -0.364 e. The number of nitro groups is 1. The van der Waals surface area contributed by atoms with Crippen LogP contribution in [0.1, 0.15) is 21.6 Å². The summed E-state index contributed by atoms with van der Waals surface area (Å²) in [5.74, 6) is -0.611. The number of hydrogen-bond acceptors (Lipinski definition) is 4. The quantitative estimate of drug-likeness (QED) is 0.666. The largest absolute Gasteiger partial charge is 0.364 e. The first-order valence-corrected chi connectivity index (χ1v) is 6.14. The van der Waals surface area contributed by atoms with Gasteiger partial charge in [-0.2, -0.15) is 0 Å². The van der Waals surface area contributed by atoms with Crippen molar-refractivity contribution in [2.75, 3.05) is 5.32 Å². The third-order valence-electron chi connectivity index (χ3n) is 2.98. The number of pyridine rings is 1. The molecule has 21 heavy (non-hydrogen) atoms. The fourth-order valence-electron chi connectivity index (χ4n) is 1.80. The summed E-state index contributed by atoms with van der Waals surface area (Å²) in [4.78, 5) is 36.8. The molecule has 7 nitrogen and oxygen atoms in total. The summed E-state index contributed by atoms with van der Waals surface area (Å²) in [6.45, 7) is 3.41. The molecule has 0 radical (unpaired) electrons. The third-order valence-corrected chi connectivity index (χ3v) is 2.98. The highest BCUT2D eigenvalue weighted by Crippen LogP contribution is 2.22. The van der Waals surface area contributed by atoms with Crippen LogP contribution < -0.4 is 10.7 Å². The molecule has 0 saturated heterocycles. The molecule has 2 N–H and O–H groups in total. The molecular weight excluding hydrogens is 274 g/mol. The van der Waals surface area contributed by atoms with Crippen LogP contribution in [0.25, 0.3) is 0 Å². The maximum Gasteiger partial charge on any atom is 0.271 e. The number of aromatic amines is 1. The molecule has 2 rings (SSSR count). The number of hydrogen-bond donors (Lipinski definition) is 2. The zero-order valence-corrected chi connectivity index (χ0v) is 11.5. The first kappa shape index (κ1) is 14.4. The highest BCUT2D eigenvalue weighted by molar-refractivity contribution is 6.04. The van der Waals surface area contributed by atoms with Crippen LogP contribution >= 0.6 is 0 Å². The zero-order chi connectivity index (χ0) is 15.6. The molecule has 0 atom stereocenters. The minimum absolute atomic E-state index is 0.0495. The Kier molecular flexibility index (Phi) is 3.84. The van der Waals surface area contributed by atoms with Crippen molar-refractivity contribution in [1.29, 1.82) is 0 Å². The smallest absolute Gasteiger partial charge is 0.271 e. The molecule has 1 amide bonds. The van der Waals surface area contributed by atoms with Gasteiger partial charge in [0, 0.05) is 30.1 Å². The van der Waals surface area contributed by atoms with Gasteiger partial charge in [0.15, 0.2) is 5.43 Å². The lowest BCUT2D eigenvalue weighted by atomic mass is 10.1. The van der Waals surface area contributed by atoms with Gasteiger partial charge in [-0.05, 0) is 19.4 Å². The molecule has 108 valence electrons. The number of carbonyl (C=O) groups is 1. The molecule has 7 heteroatoms. The van der Waals surface area contributed by atoms with Crippen molar-refractivity contribution in [3.05, 3.63) is 67.6 Å². The number of amides is 1. The lowest BCUT2D eigenvalue weighted by Crippen LogP contribution is -2.22. The lowest BCUT2D eigenvalue weighted by molar-refractivity contribution is -0.384. The number of non-ortho nitro benzene ring substituents is 1. The summed E-state index contributed by atoms with van der Waals surface area (Å²) in [6.07, 6.45) is 1.32. The molecule has 2 aromatic rings. The predicted molar refractivity (Wildman–Crippen MR) is 77.6 cm³/mol. The fraction of sp³-hybridized carbons (Fsp3) is 0.143. The number of aryl methyl sites for hydroxylation is 2. The van der Waals surface area contributed by atoms with Crippen molar-refractivity contribution in [1.82, 2.24) is 4.98 Å². The van der Waals surface area contributed by atoms with Gasteiger partial charge in [-0.1, -0.05) is 6.07 Å². The summed E-state index contributed by atoms with van der Waals surface area (Å²) in [5, 5.41) is 13.3. The molecule has 0 aliphatic heterocycles. The van der Waals surface area contributed by atoms with Gasteiger partial charge in [0.25, 0.3) is 11.6 Å². The SMILES string of the molecule is Cc1cc(=O)c(C(=O)Nc2cc([N+](=O)[O-])ccc2C)c[nH]1. The van der Waals surface area contributed by atoms with Crippen molar-refractivity contribution in [2.45, 2.75) is 13.8 Å². The van der Waals surface area contributed by atoms with E-state index < -0.39 is 16.3 Å². The summed E-state index contributed by atoms with van der Waals surface area (Å²) < 4.78 is 0. The Bertz CT molecular complexity index is 780. The molecule has 1 aromatic carbocycles. The van der Waals surface area contributed by atoms with E-state index >= 15 is 0 Å². The third kappa shape index (κ3) is 3.14. The molecule has 0 spiro atoms. The van der Waals surface area contributed by atoms with Crippen molar-refractivity contribution < 1.29 is 9.72 Å². The maximum atomic E-state index is 12.1. The zero-order valence-electron chi connectivity index (χ0n) is 11.5. The van der Waals surface area contributed by atoms with Crippen LogP contribution in [0.2, 0.25) is 0 Å². The van der Waals surface area contributed by atoms with E-state index in [0.29, 0.717) is 16.9 Å². The summed E-state index contributed by atoms with van der Waals surface area (Å²) in [6, 6.07) is 5.46. The Labute approximate surface area is 119 Å². The Morgan fingerprint density at radius 1 is 1.29 bits per heavy atom. The van der Waals surface area contributed by atoms with Gasteiger partial charge in [0.1, 0.15) is 5.56 Å². The number of benzene rings is 1. The molecule has 0 fully saturated rings. The van der Waals surface area contributed by atoms with E-state index in [9.17, 15) is 19.7 Å². The van der Waals surface area contributed by atoms with E-state index in [1.165, 1.54) is 30.5 Å². The van der Waals surface area contributed by atoms with Crippen LogP contribution in [0.3, 0.4) is 0 Å². The Balaban J connectivity index is 2.33. The number of carbonyl (C=O) groups excluding carboxylic acids is 1. The number of aromatic nitrogens is 1. The fourth-order valence-corrected chi connectivity index (χ4v) is 1.80. The first-order chi connectivity index (χ1) is 9.88. The topological polar surface area (TPSA) is 105 Å². The van der Waals surface area contributed by atoms with E-state index in [1.54, 1.807) is 13.8 Å². The van der Waals surface area contributed by atoms with Gasteiger partial charge in [0.05, 0.1) is 10.6 Å². The van der Waals surface area contributed by atoms with Gasteiger partial charge >= 0.3 is 0 Å². The maximum absolute atomic E-state index is 12.1. The molecule has 0 unspecified atom stereocenters. The normalized spacial score (nSPS) is 10.2. The first-order valence-electron chi connectivity index (χ1n) is 6.14. The van der Waals surface area contributed by atoms with Crippen LogP contribution in [0, 0.1) is 24.0 Å². The van der Waals surface area contributed by atoms with Crippen LogP contribution in [-0.2, 0) is 0 Å². The average molecular weight is 287 g/mol. The molecule has 1 aromatic heterocycles. The second-order valence-corrected chi connectivity index (χ2v) is 4.60. The number of anilines is 1. The van der Waals surface area contributed by atoms with E-state index in [4.69, 9.17) is 0 Å². The summed E-state index contributed by atoms with van der Waals surface area (Å²) >= 11 is 0. The van der Waals surface area contributed by atoms with E-state index in [-0.39, 0.29) is 11.3 Å². The molecule has 0 bridgehead atoms. The summed E-state index contributed by atoms with van der Waals surface area (Å²) in [5.41, 5.74) is 1.02. The van der Waals surface area contributed by atoms with Gasteiger partial charge in [-0.3, -0.25) is 19.7 Å². The second-order valence-electron chi connectivity index (χ2n) is 4.60. The number of rotatable bonds is 3. The molecule has 0 aliphatic rings. The van der Waals surface area contributed by atoms with Crippen molar-refractivity contribution in [3.8, 4) is 0 Å². The number of nitro benzene ring substituents is 1. The highest BCUT2D eigenvalue weighted by atomic mass is 16.6. The Morgan fingerprint density at radius 2 is 2.00 bits per heavy atom. The molecule has 0 saturated carbocycles. The number of nitrogens with zero attached hydrogens (tertiary/aromatic N) is 1. The number of nitrogens with one attached hydrogen (secondary N) is 2. The van der Waals surface area contributed by atoms with Crippen LogP contribution in [0.5, 0.6) is 0 Å². The van der Waals surface area contributed by atoms with Gasteiger partial charge in [-0.25, -0.2) is 0 Å². The highest BCUT2D eigenvalue weighted by Gasteiger charge is 2.14.